The quantitative estimate of drug-likeness (QED) is 0.865. The van der Waals surface area contributed by atoms with Crippen LogP contribution in [0.1, 0.15) is 36.1 Å². The predicted molar refractivity (Wildman–Crippen MR) is 77.6 cm³/mol. The average molecular weight is 246 g/mol. The maximum absolute atomic E-state index is 6.00. The first-order chi connectivity index (χ1) is 8.52. The van der Waals surface area contributed by atoms with Gasteiger partial charge in [0.15, 0.2) is 0 Å². The SMILES string of the molecule is Cc1ccc(C(CN)N(C)CC2CC2C)c(C)c1. The first-order valence-corrected chi connectivity index (χ1v) is 7.00. The third kappa shape index (κ3) is 2.93. The fourth-order valence-electron chi connectivity index (χ4n) is 2.89. The summed E-state index contributed by atoms with van der Waals surface area (Å²) in [7, 11) is 2.21. The van der Waals surface area contributed by atoms with E-state index in [4.69, 9.17) is 5.73 Å². The number of nitrogens with two attached hydrogens (primary N) is 1. The summed E-state index contributed by atoms with van der Waals surface area (Å²) in [5, 5.41) is 0. The topological polar surface area (TPSA) is 29.3 Å². The molecule has 0 heterocycles. The fraction of sp³-hybridized carbons (Fsp3) is 0.625. The molecule has 1 aliphatic carbocycles. The van der Waals surface area contributed by atoms with E-state index in [0.29, 0.717) is 12.6 Å². The van der Waals surface area contributed by atoms with Gasteiger partial charge in [-0.25, -0.2) is 0 Å². The average Bonchev–Trinajstić information content (AvgIpc) is 2.98. The van der Waals surface area contributed by atoms with Crippen molar-refractivity contribution in [3.05, 3.63) is 34.9 Å². The molecule has 2 N–H and O–H groups in total. The van der Waals surface area contributed by atoms with Crippen molar-refractivity contribution in [2.45, 2.75) is 33.2 Å². The van der Waals surface area contributed by atoms with E-state index in [1.807, 2.05) is 0 Å². The van der Waals surface area contributed by atoms with E-state index in [2.05, 4.69) is 50.9 Å². The lowest BCUT2D eigenvalue weighted by Crippen LogP contribution is -2.32. The molecule has 0 aromatic heterocycles. The Morgan fingerprint density at radius 3 is 2.56 bits per heavy atom. The number of hydrogen-bond donors (Lipinski definition) is 1. The van der Waals surface area contributed by atoms with Crippen LogP contribution in [-0.4, -0.2) is 25.0 Å². The Hall–Kier alpha value is -0.860. The van der Waals surface area contributed by atoms with Gasteiger partial charge in [-0.15, -0.1) is 0 Å². The highest BCUT2D eigenvalue weighted by atomic mass is 15.1. The van der Waals surface area contributed by atoms with Gasteiger partial charge < -0.3 is 5.73 Å². The van der Waals surface area contributed by atoms with E-state index in [1.54, 1.807) is 0 Å². The van der Waals surface area contributed by atoms with Crippen molar-refractivity contribution in [2.24, 2.45) is 17.6 Å². The van der Waals surface area contributed by atoms with Gasteiger partial charge >= 0.3 is 0 Å². The third-order valence-corrected chi connectivity index (χ3v) is 4.34. The lowest BCUT2D eigenvalue weighted by Gasteiger charge is -2.29. The van der Waals surface area contributed by atoms with E-state index in [0.717, 1.165) is 11.8 Å². The second kappa shape index (κ2) is 5.41. The zero-order chi connectivity index (χ0) is 13.3. The van der Waals surface area contributed by atoms with E-state index < -0.39 is 0 Å². The molecule has 18 heavy (non-hydrogen) atoms. The van der Waals surface area contributed by atoms with E-state index in [-0.39, 0.29) is 0 Å². The lowest BCUT2D eigenvalue weighted by molar-refractivity contribution is 0.236. The smallest absolute Gasteiger partial charge is 0.0470 e. The largest absolute Gasteiger partial charge is 0.329 e. The second-order valence-corrected chi connectivity index (χ2v) is 6.02. The van der Waals surface area contributed by atoms with Crippen LogP contribution in [0.3, 0.4) is 0 Å². The summed E-state index contributed by atoms with van der Waals surface area (Å²) in [6, 6.07) is 7.05. The number of hydrogen-bond acceptors (Lipinski definition) is 2. The molecule has 0 radical (unpaired) electrons. The van der Waals surface area contributed by atoms with Crippen LogP contribution in [-0.2, 0) is 0 Å². The van der Waals surface area contributed by atoms with E-state index >= 15 is 0 Å². The first-order valence-electron chi connectivity index (χ1n) is 7.00. The molecule has 0 spiro atoms. The van der Waals surface area contributed by atoms with Crippen molar-refractivity contribution in [3.63, 3.8) is 0 Å². The lowest BCUT2D eigenvalue weighted by atomic mass is 9.98. The van der Waals surface area contributed by atoms with Crippen LogP contribution in [0.15, 0.2) is 18.2 Å². The summed E-state index contributed by atoms with van der Waals surface area (Å²) in [5.74, 6) is 1.79. The number of benzene rings is 1. The Labute approximate surface area is 111 Å². The summed E-state index contributed by atoms with van der Waals surface area (Å²) in [6.07, 6.45) is 1.38. The second-order valence-electron chi connectivity index (χ2n) is 6.02. The van der Waals surface area contributed by atoms with Gasteiger partial charge in [0.25, 0.3) is 0 Å². The van der Waals surface area contributed by atoms with Gasteiger partial charge in [0.2, 0.25) is 0 Å². The van der Waals surface area contributed by atoms with Gasteiger partial charge in [-0.3, -0.25) is 4.90 Å². The van der Waals surface area contributed by atoms with Crippen LogP contribution in [0.2, 0.25) is 0 Å². The van der Waals surface area contributed by atoms with Gasteiger partial charge in [0, 0.05) is 19.1 Å². The molecule has 0 amide bonds. The highest BCUT2D eigenvalue weighted by Gasteiger charge is 2.34. The molecule has 3 unspecified atom stereocenters. The molecular weight excluding hydrogens is 220 g/mol. The van der Waals surface area contributed by atoms with Gasteiger partial charge in [0.05, 0.1) is 0 Å². The summed E-state index contributed by atoms with van der Waals surface area (Å²) in [6.45, 7) is 8.55. The normalized spacial score (nSPS) is 24.3. The molecule has 1 aromatic carbocycles. The van der Waals surface area contributed by atoms with Crippen molar-refractivity contribution in [3.8, 4) is 0 Å². The number of aryl methyl sites for hydroxylation is 2. The number of rotatable bonds is 5. The molecule has 0 bridgehead atoms. The molecule has 1 aromatic rings. The molecule has 3 atom stereocenters. The summed E-state index contributed by atoms with van der Waals surface area (Å²) in [5.41, 5.74) is 10.1. The molecule has 1 fully saturated rings. The summed E-state index contributed by atoms with van der Waals surface area (Å²) >= 11 is 0. The van der Waals surface area contributed by atoms with Gasteiger partial charge in [-0.1, -0.05) is 30.7 Å². The van der Waals surface area contributed by atoms with Gasteiger partial charge in [-0.2, -0.15) is 0 Å². The van der Waals surface area contributed by atoms with Crippen molar-refractivity contribution in [2.75, 3.05) is 20.1 Å². The zero-order valence-electron chi connectivity index (χ0n) is 12.1. The molecule has 2 heteroatoms. The zero-order valence-corrected chi connectivity index (χ0v) is 12.1. The molecule has 2 rings (SSSR count). The van der Waals surface area contributed by atoms with Crippen molar-refractivity contribution in [1.82, 2.24) is 4.90 Å². The highest BCUT2D eigenvalue weighted by molar-refractivity contribution is 5.33. The van der Waals surface area contributed by atoms with E-state index in [1.165, 1.54) is 29.7 Å². The predicted octanol–water partition coefficient (Wildman–Crippen LogP) is 2.89. The van der Waals surface area contributed by atoms with Crippen LogP contribution in [0.4, 0.5) is 0 Å². The van der Waals surface area contributed by atoms with Crippen LogP contribution in [0, 0.1) is 25.7 Å². The van der Waals surface area contributed by atoms with E-state index in [9.17, 15) is 0 Å². The Balaban J connectivity index is 2.11. The molecule has 0 aliphatic heterocycles. The Bertz CT molecular complexity index is 414. The minimum absolute atomic E-state index is 0.360. The third-order valence-electron chi connectivity index (χ3n) is 4.34. The van der Waals surface area contributed by atoms with Crippen molar-refractivity contribution < 1.29 is 0 Å². The number of likely N-dealkylation sites (N-methyl/N-ethyl adjacent to an activating group) is 1. The summed E-state index contributed by atoms with van der Waals surface area (Å²) in [4.78, 5) is 2.44. The Morgan fingerprint density at radius 1 is 1.39 bits per heavy atom. The summed E-state index contributed by atoms with van der Waals surface area (Å²) < 4.78 is 0. The molecule has 1 aliphatic rings. The molecule has 2 nitrogen and oxygen atoms in total. The van der Waals surface area contributed by atoms with Crippen molar-refractivity contribution in [1.29, 1.82) is 0 Å². The Kier molecular flexibility index (Phi) is 4.08. The van der Waals surface area contributed by atoms with Crippen molar-refractivity contribution >= 4 is 0 Å². The number of nitrogens with zero attached hydrogens (tertiary/aromatic N) is 1. The fourth-order valence-corrected chi connectivity index (χ4v) is 2.89. The monoisotopic (exact) mass is 246 g/mol. The minimum atomic E-state index is 0.360. The van der Waals surface area contributed by atoms with Crippen LogP contribution in [0.25, 0.3) is 0 Å². The Morgan fingerprint density at radius 2 is 2.06 bits per heavy atom. The highest BCUT2D eigenvalue weighted by Crippen LogP contribution is 2.39. The molecule has 100 valence electrons. The molecule has 0 saturated heterocycles. The van der Waals surface area contributed by atoms with Crippen LogP contribution >= 0.6 is 0 Å². The standard InChI is InChI=1S/C16H26N2/c1-11-5-6-15(13(3)7-11)16(9-17)18(4)10-14-8-12(14)2/h5-7,12,14,16H,8-10,17H2,1-4H3. The van der Waals surface area contributed by atoms with Crippen LogP contribution in [0.5, 0.6) is 0 Å². The maximum atomic E-state index is 6.00. The maximum Gasteiger partial charge on any atom is 0.0470 e. The van der Waals surface area contributed by atoms with Gasteiger partial charge in [-0.05, 0) is 50.3 Å². The van der Waals surface area contributed by atoms with Crippen LogP contribution < -0.4 is 5.73 Å². The first kappa shape index (κ1) is 13.6. The molecule has 1 saturated carbocycles. The molecular formula is C16H26N2. The minimum Gasteiger partial charge on any atom is -0.329 e. The van der Waals surface area contributed by atoms with Gasteiger partial charge in [0.1, 0.15) is 0 Å².